The Labute approximate surface area is 220 Å². The minimum absolute atomic E-state index is 0.0319. The average molecular weight is 552 g/mol. The van der Waals surface area contributed by atoms with Gasteiger partial charge >= 0.3 is 0 Å². The van der Waals surface area contributed by atoms with Crippen molar-refractivity contribution < 1.29 is 22.7 Å². The summed E-state index contributed by atoms with van der Waals surface area (Å²) in [5, 5.41) is 8.19. The topological polar surface area (TPSA) is 99.5 Å². The van der Waals surface area contributed by atoms with Crippen molar-refractivity contribution in [2.75, 3.05) is 30.0 Å². The van der Waals surface area contributed by atoms with E-state index in [4.69, 9.17) is 32.7 Å². The van der Waals surface area contributed by atoms with Crippen LogP contribution < -0.4 is 14.8 Å². The van der Waals surface area contributed by atoms with Crippen molar-refractivity contribution in [3.8, 4) is 22.8 Å². The maximum Gasteiger partial charge on any atom is 0.263 e. The van der Waals surface area contributed by atoms with Crippen LogP contribution in [0.3, 0.4) is 0 Å². The highest BCUT2D eigenvalue weighted by atomic mass is 35.5. The first-order chi connectivity index (χ1) is 17.1. The molecule has 0 saturated carbocycles. The van der Waals surface area contributed by atoms with Crippen molar-refractivity contribution in [2.45, 2.75) is 26.3 Å². The van der Waals surface area contributed by atoms with Gasteiger partial charge < -0.3 is 14.8 Å². The number of hydrogen-bond donors (Lipinski definition) is 1. The van der Waals surface area contributed by atoms with E-state index in [0.717, 1.165) is 11.3 Å². The molecule has 4 rings (SSSR count). The van der Waals surface area contributed by atoms with E-state index in [0.29, 0.717) is 46.3 Å². The van der Waals surface area contributed by atoms with Crippen LogP contribution in [-0.2, 0) is 14.6 Å². The maximum absolute atomic E-state index is 12.7. The van der Waals surface area contributed by atoms with Gasteiger partial charge in [0, 0.05) is 16.7 Å². The Morgan fingerprint density at radius 2 is 1.89 bits per heavy atom. The lowest BCUT2D eigenvalue weighted by Crippen LogP contribution is -2.23. The van der Waals surface area contributed by atoms with Crippen LogP contribution in [0.1, 0.15) is 26.3 Å². The zero-order valence-electron chi connectivity index (χ0n) is 19.9. The van der Waals surface area contributed by atoms with E-state index >= 15 is 0 Å². The molecule has 0 spiro atoms. The number of carbonyl (C=O) groups excluding carboxylic acids is 1. The molecule has 1 aromatic heterocycles. The van der Waals surface area contributed by atoms with Gasteiger partial charge in [-0.3, -0.25) is 4.79 Å². The van der Waals surface area contributed by atoms with Crippen LogP contribution in [0.4, 0.5) is 5.82 Å². The van der Waals surface area contributed by atoms with Gasteiger partial charge in [-0.25, -0.2) is 13.1 Å². The zero-order chi connectivity index (χ0) is 25.9. The average Bonchev–Trinajstić information content (AvgIpc) is 3.40. The lowest BCUT2D eigenvalue weighted by Gasteiger charge is -2.14. The fraction of sp³-hybridized carbons (Fsp3) is 0.360. The Bertz CT molecular complexity index is 1340. The lowest BCUT2D eigenvalue weighted by atomic mass is 10.1. The molecular weight excluding hydrogens is 525 g/mol. The highest BCUT2D eigenvalue weighted by molar-refractivity contribution is 7.91. The van der Waals surface area contributed by atoms with Crippen LogP contribution >= 0.6 is 23.2 Å². The smallest absolute Gasteiger partial charge is 0.263 e. The second kappa shape index (κ2) is 11.1. The van der Waals surface area contributed by atoms with Crippen LogP contribution in [0.15, 0.2) is 48.5 Å². The molecule has 0 bridgehead atoms. The largest absolute Gasteiger partial charge is 0.493 e. The van der Waals surface area contributed by atoms with E-state index in [-0.39, 0.29) is 24.2 Å². The molecule has 8 nitrogen and oxygen atoms in total. The Morgan fingerprint density at radius 3 is 2.53 bits per heavy atom. The molecule has 11 heteroatoms. The SMILES string of the molecule is CC(C)COc1ccc(-c2cc(NC(=O)COc3ccc(Cl)cc3Cl)n([C@H]3CCS(=O)(=O)C3)n2)cc1. The van der Waals surface area contributed by atoms with Crippen molar-refractivity contribution in [1.82, 2.24) is 9.78 Å². The summed E-state index contributed by atoms with van der Waals surface area (Å²) in [5.41, 5.74) is 1.41. The minimum Gasteiger partial charge on any atom is -0.493 e. The van der Waals surface area contributed by atoms with Gasteiger partial charge in [-0.1, -0.05) is 37.0 Å². The maximum atomic E-state index is 12.7. The molecule has 1 fully saturated rings. The summed E-state index contributed by atoms with van der Waals surface area (Å²) in [6.45, 7) is 4.47. The fourth-order valence-electron chi connectivity index (χ4n) is 3.77. The summed E-state index contributed by atoms with van der Waals surface area (Å²) in [6.07, 6.45) is 0.422. The summed E-state index contributed by atoms with van der Waals surface area (Å²) < 4.78 is 37.1. The molecule has 1 aliphatic rings. The number of sulfone groups is 1. The third kappa shape index (κ3) is 6.72. The number of aromatic nitrogens is 2. The molecule has 3 aromatic rings. The predicted octanol–water partition coefficient (Wildman–Crippen LogP) is 5.27. The molecule has 36 heavy (non-hydrogen) atoms. The molecule has 2 aromatic carbocycles. The third-order valence-electron chi connectivity index (χ3n) is 5.54. The summed E-state index contributed by atoms with van der Waals surface area (Å²) >= 11 is 12.0. The summed E-state index contributed by atoms with van der Waals surface area (Å²) in [7, 11) is -3.16. The number of rotatable bonds is 9. The number of anilines is 1. The van der Waals surface area contributed by atoms with Gasteiger partial charge in [0.15, 0.2) is 16.4 Å². The van der Waals surface area contributed by atoms with E-state index in [1.54, 1.807) is 22.9 Å². The highest BCUT2D eigenvalue weighted by Gasteiger charge is 2.32. The fourth-order valence-corrected chi connectivity index (χ4v) is 5.93. The quantitative estimate of drug-likeness (QED) is 0.389. The molecule has 192 valence electrons. The van der Waals surface area contributed by atoms with E-state index in [1.165, 1.54) is 6.07 Å². The number of nitrogens with zero attached hydrogens (tertiary/aromatic N) is 2. The molecular formula is C25H27Cl2N3O5S. The number of carbonyl (C=O) groups is 1. The molecule has 0 radical (unpaired) electrons. The Balaban J connectivity index is 1.53. The molecule has 1 amide bonds. The van der Waals surface area contributed by atoms with E-state index < -0.39 is 15.7 Å². The van der Waals surface area contributed by atoms with Gasteiger partial charge in [-0.05, 0) is 54.8 Å². The van der Waals surface area contributed by atoms with Crippen LogP contribution in [-0.4, -0.2) is 48.8 Å². The molecule has 1 N–H and O–H groups in total. The number of halogens is 2. The second-order valence-electron chi connectivity index (χ2n) is 9.06. The predicted molar refractivity (Wildman–Crippen MR) is 141 cm³/mol. The first kappa shape index (κ1) is 26.3. The summed E-state index contributed by atoms with van der Waals surface area (Å²) in [4.78, 5) is 12.7. The Hall–Kier alpha value is -2.75. The van der Waals surface area contributed by atoms with Gasteiger partial charge in [-0.15, -0.1) is 0 Å². The molecule has 0 aliphatic carbocycles. The van der Waals surface area contributed by atoms with Crippen molar-refractivity contribution in [3.63, 3.8) is 0 Å². The Kier molecular flexibility index (Phi) is 8.12. The molecule has 1 aliphatic heterocycles. The molecule has 1 atom stereocenters. The van der Waals surface area contributed by atoms with Crippen molar-refractivity contribution in [2.24, 2.45) is 5.92 Å². The molecule has 0 unspecified atom stereocenters. The van der Waals surface area contributed by atoms with E-state index in [2.05, 4.69) is 24.3 Å². The number of amides is 1. The first-order valence-corrected chi connectivity index (χ1v) is 14.1. The van der Waals surface area contributed by atoms with E-state index in [1.807, 2.05) is 24.3 Å². The van der Waals surface area contributed by atoms with Crippen molar-refractivity contribution >= 4 is 44.8 Å². The van der Waals surface area contributed by atoms with Gasteiger partial charge in [-0.2, -0.15) is 5.10 Å². The number of benzene rings is 2. The number of ether oxygens (including phenoxy) is 2. The van der Waals surface area contributed by atoms with Gasteiger partial charge in [0.05, 0.1) is 34.9 Å². The monoisotopic (exact) mass is 551 g/mol. The van der Waals surface area contributed by atoms with Crippen molar-refractivity contribution in [3.05, 3.63) is 58.6 Å². The van der Waals surface area contributed by atoms with Crippen LogP contribution in [0.25, 0.3) is 11.3 Å². The van der Waals surface area contributed by atoms with Gasteiger partial charge in [0.2, 0.25) is 0 Å². The highest BCUT2D eigenvalue weighted by Crippen LogP contribution is 2.31. The van der Waals surface area contributed by atoms with Crippen LogP contribution in [0.5, 0.6) is 11.5 Å². The summed E-state index contributed by atoms with van der Waals surface area (Å²) in [5.74, 6) is 1.49. The molecule has 2 heterocycles. The Morgan fingerprint density at radius 1 is 1.14 bits per heavy atom. The van der Waals surface area contributed by atoms with E-state index in [9.17, 15) is 13.2 Å². The second-order valence-corrected chi connectivity index (χ2v) is 12.1. The minimum atomic E-state index is -3.16. The number of hydrogen-bond acceptors (Lipinski definition) is 6. The normalized spacial score (nSPS) is 16.8. The third-order valence-corrected chi connectivity index (χ3v) is 7.82. The standard InChI is InChI=1S/C25H27Cl2N3O5S/c1-16(2)13-34-20-6-3-17(4-7-20)22-12-24(30(29-22)19-9-10-36(32,33)15-19)28-25(31)14-35-23-8-5-18(26)11-21(23)27/h3-8,11-12,16,19H,9-10,13-15H2,1-2H3,(H,28,31)/t19-/m0/s1. The molecule has 1 saturated heterocycles. The lowest BCUT2D eigenvalue weighted by molar-refractivity contribution is -0.118. The number of nitrogens with one attached hydrogen (secondary N) is 1. The van der Waals surface area contributed by atoms with Crippen LogP contribution in [0, 0.1) is 5.92 Å². The van der Waals surface area contributed by atoms with Crippen LogP contribution in [0.2, 0.25) is 10.0 Å². The zero-order valence-corrected chi connectivity index (χ0v) is 22.2. The van der Waals surface area contributed by atoms with Gasteiger partial charge in [0.1, 0.15) is 17.3 Å². The van der Waals surface area contributed by atoms with Gasteiger partial charge in [0.25, 0.3) is 5.91 Å². The first-order valence-electron chi connectivity index (χ1n) is 11.5. The summed E-state index contributed by atoms with van der Waals surface area (Å²) in [6, 6.07) is 13.5. The van der Waals surface area contributed by atoms with Crippen molar-refractivity contribution in [1.29, 1.82) is 0 Å².